The summed E-state index contributed by atoms with van der Waals surface area (Å²) >= 11 is 1.71. The molecule has 1 nitrogen and oxygen atoms in total. The van der Waals surface area contributed by atoms with E-state index in [0.29, 0.717) is 6.42 Å². The molecule has 0 aliphatic carbocycles. The van der Waals surface area contributed by atoms with E-state index >= 15 is 0 Å². The topological polar surface area (TPSA) is 17.1 Å². The van der Waals surface area contributed by atoms with E-state index in [4.69, 9.17) is 0 Å². The number of benzene rings is 1. The highest BCUT2D eigenvalue weighted by molar-refractivity contribution is 7.98. The molecule has 0 amide bonds. The number of carbonyl (C=O) groups excluding carboxylic acids is 1. The molecule has 0 aliphatic rings. The van der Waals surface area contributed by atoms with E-state index in [0.717, 1.165) is 11.3 Å². The average Bonchev–Trinajstić information content (AvgIpc) is 2.15. The van der Waals surface area contributed by atoms with Gasteiger partial charge in [-0.1, -0.05) is 29.8 Å². The minimum atomic E-state index is 0.245. The molecule has 70 valence electrons. The number of thioether (sulfide) groups is 1. The Kier molecular flexibility index (Phi) is 4.03. The fourth-order valence-electron chi connectivity index (χ4n) is 1.08. The molecule has 0 fully saturated rings. The number of Topliss-reactive ketones (excluding diaryl/α,β-unsaturated/α-hetero) is 1. The zero-order valence-corrected chi connectivity index (χ0v) is 8.86. The van der Waals surface area contributed by atoms with Crippen LogP contribution in [0.5, 0.6) is 0 Å². The van der Waals surface area contributed by atoms with Gasteiger partial charge in [0.2, 0.25) is 0 Å². The number of rotatable bonds is 4. The summed E-state index contributed by atoms with van der Waals surface area (Å²) in [5, 5.41) is 0. The highest BCUT2D eigenvalue weighted by atomic mass is 32.2. The van der Waals surface area contributed by atoms with Crippen molar-refractivity contribution in [2.75, 3.05) is 12.0 Å². The second-order valence-electron chi connectivity index (χ2n) is 3.03. The van der Waals surface area contributed by atoms with Gasteiger partial charge in [0.1, 0.15) is 0 Å². The Bertz CT molecular complexity index is 277. The quantitative estimate of drug-likeness (QED) is 0.685. The van der Waals surface area contributed by atoms with Gasteiger partial charge in [0.15, 0.2) is 5.78 Å². The van der Waals surface area contributed by atoms with Gasteiger partial charge in [-0.05, 0) is 13.2 Å². The third-order valence-corrected chi connectivity index (χ3v) is 2.52. The molecule has 0 spiro atoms. The third-order valence-electron chi connectivity index (χ3n) is 1.91. The number of carbonyl (C=O) groups is 1. The number of aryl methyl sites for hydroxylation is 1. The molecule has 2 heteroatoms. The number of ketones is 1. The maximum Gasteiger partial charge on any atom is 0.163 e. The fraction of sp³-hybridized carbons (Fsp3) is 0.364. The average molecular weight is 194 g/mol. The Labute approximate surface area is 83.5 Å². The molecule has 0 saturated carbocycles. The van der Waals surface area contributed by atoms with Crippen LogP contribution in [0.1, 0.15) is 22.3 Å². The summed E-state index contributed by atoms with van der Waals surface area (Å²) in [6, 6.07) is 7.76. The number of hydrogen-bond donors (Lipinski definition) is 0. The summed E-state index contributed by atoms with van der Waals surface area (Å²) in [5.74, 6) is 1.15. The Hall–Kier alpha value is -0.760. The largest absolute Gasteiger partial charge is 0.294 e. The molecule has 0 aromatic heterocycles. The molecule has 0 radical (unpaired) electrons. The molecule has 1 aromatic rings. The van der Waals surface area contributed by atoms with Crippen molar-refractivity contribution in [3.63, 3.8) is 0 Å². The molecular formula is C11H14OS. The second kappa shape index (κ2) is 5.07. The van der Waals surface area contributed by atoms with Crippen LogP contribution in [0.2, 0.25) is 0 Å². The zero-order valence-electron chi connectivity index (χ0n) is 8.04. The summed E-state index contributed by atoms with van der Waals surface area (Å²) < 4.78 is 0. The zero-order chi connectivity index (χ0) is 9.68. The van der Waals surface area contributed by atoms with Crippen molar-refractivity contribution in [2.24, 2.45) is 0 Å². The lowest BCUT2D eigenvalue weighted by Crippen LogP contribution is -1.99. The molecule has 1 aromatic carbocycles. The highest BCUT2D eigenvalue weighted by Crippen LogP contribution is 2.07. The Morgan fingerprint density at radius 1 is 1.31 bits per heavy atom. The smallest absolute Gasteiger partial charge is 0.163 e. The van der Waals surface area contributed by atoms with Crippen LogP contribution in [0.15, 0.2) is 24.3 Å². The van der Waals surface area contributed by atoms with E-state index in [9.17, 15) is 4.79 Å². The Morgan fingerprint density at radius 3 is 2.46 bits per heavy atom. The fourth-order valence-corrected chi connectivity index (χ4v) is 1.47. The molecule has 1 rings (SSSR count). The van der Waals surface area contributed by atoms with Crippen molar-refractivity contribution >= 4 is 17.5 Å². The molecule has 0 heterocycles. The highest BCUT2D eigenvalue weighted by Gasteiger charge is 2.03. The Morgan fingerprint density at radius 2 is 1.92 bits per heavy atom. The van der Waals surface area contributed by atoms with Crippen molar-refractivity contribution in [1.29, 1.82) is 0 Å². The molecule has 0 bridgehead atoms. The summed E-state index contributed by atoms with van der Waals surface area (Å²) in [4.78, 5) is 11.5. The van der Waals surface area contributed by atoms with Crippen molar-refractivity contribution in [3.8, 4) is 0 Å². The van der Waals surface area contributed by atoms with E-state index in [1.54, 1.807) is 11.8 Å². The van der Waals surface area contributed by atoms with Crippen LogP contribution in [0, 0.1) is 6.92 Å². The van der Waals surface area contributed by atoms with Gasteiger partial charge in [0.25, 0.3) is 0 Å². The summed E-state index contributed by atoms with van der Waals surface area (Å²) in [7, 11) is 0. The molecule has 13 heavy (non-hydrogen) atoms. The molecule has 0 unspecified atom stereocenters. The molecular weight excluding hydrogens is 180 g/mol. The van der Waals surface area contributed by atoms with Crippen LogP contribution in [-0.2, 0) is 0 Å². The minimum absolute atomic E-state index is 0.245. The molecule has 0 atom stereocenters. The van der Waals surface area contributed by atoms with Crippen LogP contribution in [0.3, 0.4) is 0 Å². The van der Waals surface area contributed by atoms with Gasteiger partial charge < -0.3 is 0 Å². The van der Waals surface area contributed by atoms with E-state index in [-0.39, 0.29) is 5.78 Å². The first-order valence-corrected chi connectivity index (χ1v) is 5.72. The van der Waals surface area contributed by atoms with Gasteiger partial charge >= 0.3 is 0 Å². The summed E-state index contributed by atoms with van der Waals surface area (Å²) in [5.41, 5.74) is 2.03. The summed E-state index contributed by atoms with van der Waals surface area (Å²) in [6.45, 7) is 2.02. The SMILES string of the molecule is CSCCC(=O)c1ccc(C)cc1. The van der Waals surface area contributed by atoms with Gasteiger partial charge in [-0.15, -0.1) is 0 Å². The van der Waals surface area contributed by atoms with Gasteiger partial charge in [-0.3, -0.25) is 4.79 Å². The minimum Gasteiger partial charge on any atom is -0.294 e. The van der Waals surface area contributed by atoms with Crippen LogP contribution in [0.4, 0.5) is 0 Å². The molecule has 0 N–H and O–H groups in total. The van der Waals surface area contributed by atoms with E-state index in [1.165, 1.54) is 5.56 Å². The predicted molar refractivity (Wildman–Crippen MR) is 58.5 cm³/mol. The van der Waals surface area contributed by atoms with Crippen LogP contribution < -0.4 is 0 Å². The number of hydrogen-bond acceptors (Lipinski definition) is 2. The van der Waals surface area contributed by atoms with Crippen molar-refractivity contribution in [1.82, 2.24) is 0 Å². The van der Waals surface area contributed by atoms with Crippen molar-refractivity contribution < 1.29 is 4.79 Å². The standard InChI is InChI=1S/C11H14OS/c1-9-3-5-10(6-4-9)11(12)7-8-13-2/h3-6H,7-8H2,1-2H3. The maximum atomic E-state index is 11.5. The normalized spacial score (nSPS) is 10.0. The van der Waals surface area contributed by atoms with Crippen LogP contribution >= 0.6 is 11.8 Å². The second-order valence-corrected chi connectivity index (χ2v) is 4.02. The lowest BCUT2D eigenvalue weighted by molar-refractivity contribution is 0.0989. The monoisotopic (exact) mass is 194 g/mol. The molecule has 0 saturated heterocycles. The maximum absolute atomic E-state index is 11.5. The van der Waals surface area contributed by atoms with E-state index in [1.807, 2.05) is 37.4 Å². The molecule has 0 aliphatic heterocycles. The first kappa shape index (κ1) is 10.3. The lowest BCUT2D eigenvalue weighted by Gasteiger charge is -1.99. The van der Waals surface area contributed by atoms with Crippen molar-refractivity contribution in [3.05, 3.63) is 35.4 Å². The van der Waals surface area contributed by atoms with Gasteiger partial charge in [0, 0.05) is 17.7 Å². The Balaban J connectivity index is 2.61. The van der Waals surface area contributed by atoms with Crippen molar-refractivity contribution in [2.45, 2.75) is 13.3 Å². The first-order valence-electron chi connectivity index (χ1n) is 4.33. The summed E-state index contributed by atoms with van der Waals surface area (Å²) in [6.07, 6.45) is 2.66. The van der Waals surface area contributed by atoms with E-state index in [2.05, 4.69) is 0 Å². The van der Waals surface area contributed by atoms with Crippen LogP contribution in [0.25, 0.3) is 0 Å². The van der Waals surface area contributed by atoms with Gasteiger partial charge in [-0.25, -0.2) is 0 Å². The lowest BCUT2D eigenvalue weighted by atomic mass is 10.1. The first-order chi connectivity index (χ1) is 6.24. The predicted octanol–water partition coefficient (Wildman–Crippen LogP) is 2.93. The van der Waals surface area contributed by atoms with Crippen LogP contribution in [-0.4, -0.2) is 17.8 Å². The van der Waals surface area contributed by atoms with Gasteiger partial charge in [0.05, 0.1) is 0 Å². The third kappa shape index (κ3) is 3.23. The van der Waals surface area contributed by atoms with E-state index < -0.39 is 0 Å². The van der Waals surface area contributed by atoms with Gasteiger partial charge in [-0.2, -0.15) is 11.8 Å².